The van der Waals surface area contributed by atoms with E-state index in [1.54, 1.807) is 6.20 Å². The van der Waals surface area contributed by atoms with Crippen LogP contribution in [-0.4, -0.2) is 33.9 Å². The summed E-state index contributed by atoms with van der Waals surface area (Å²) in [6, 6.07) is 12.3. The lowest BCUT2D eigenvalue weighted by Gasteiger charge is -2.31. The number of halogens is 1. The Bertz CT molecular complexity index is 1040. The van der Waals surface area contributed by atoms with E-state index in [1.807, 2.05) is 24.0 Å². The zero-order valence-electron chi connectivity index (χ0n) is 17.8. The van der Waals surface area contributed by atoms with E-state index in [2.05, 4.69) is 53.4 Å². The molecule has 2 aromatic heterocycles. The van der Waals surface area contributed by atoms with Gasteiger partial charge in [0.15, 0.2) is 5.65 Å². The van der Waals surface area contributed by atoms with Crippen LogP contribution >= 0.6 is 12.4 Å². The van der Waals surface area contributed by atoms with E-state index in [0.29, 0.717) is 17.1 Å². The summed E-state index contributed by atoms with van der Waals surface area (Å²) >= 11 is 0. The van der Waals surface area contributed by atoms with Gasteiger partial charge in [-0.05, 0) is 61.9 Å². The lowest BCUT2D eigenvalue weighted by atomic mass is 9.99. The van der Waals surface area contributed by atoms with Gasteiger partial charge >= 0.3 is 0 Å². The number of rotatable bonds is 4. The zero-order chi connectivity index (χ0) is 20.4. The van der Waals surface area contributed by atoms with E-state index in [1.165, 1.54) is 12.0 Å². The van der Waals surface area contributed by atoms with Crippen LogP contribution in [0.5, 0.6) is 0 Å². The quantitative estimate of drug-likeness (QED) is 0.597. The molecule has 5 nitrogen and oxygen atoms in total. The van der Waals surface area contributed by atoms with Crippen LogP contribution in [0.25, 0.3) is 11.0 Å². The number of amides is 1. The van der Waals surface area contributed by atoms with Crippen LogP contribution in [0.15, 0.2) is 42.6 Å². The minimum absolute atomic E-state index is 0. The van der Waals surface area contributed by atoms with Crippen LogP contribution in [0.1, 0.15) is 48.3 Å². The Morgan fingerprint density at radius 2 is 1.97 bits per heavy atom. The summed E-state index contributed by atoms with van der Waals surface area (Å²) < 4.78 is 0. The van der Waals surface area contributed by atoms with Crippen LogP contribution < -0.4 is 5.32 Å². The van der Waals surface area contributed by atoms with Crippen molar-refractivity contribution >= 4 is 40.7 Å². The van der Waals surface area contributed by atoms with Crippen LogP contribution in [-0.2, 0) is 6.42 Å². The van der Waals surface area contributed by atoms with E-state index < -0.39 is 0 Å². The number of hydrogen-bond acceptors (Lipinski definition) is 4. The van der Waals surface area contributed by atoms with E-state index >= 15 is 0 Å². The van der Waals surface area contributed by atoms with Gasteiger partial charge in [-0.25, -0.2) is 9.97 Å². The van der Waals surface area contributed by atoms with Crippen molar-refractivity contribution in [2.75, 3.05) is 18.4 Å². The van der Waals surface area contributed by atoms with Crippen molar-refractivity contribution in [1.29, 1.82) is 0 Å². The zero-order valence-corrected chi connectivity index (χ0v) is 18.6. The number of carbonyl (C=O) groups excluding carboxylic acids is 1. The van der Waals surface area contributed by atoms with E-state index in [9.17, 15) is 4.79 Å². The minimum Gasteiger partial charge on any atom is -0.354 e. The molecule has 0 bridgehead atoms. The highest BCUT2D eigenvalue weighted by atomic mass is 35.5. The van der Waals surface area contributed by atoms with Gasteiger partial charge in [0.25, 0.3) is 5.91 Å². The molecule has 30 heavy (non-hydrogen) atoms. The summed E-state index contributed by atoms with van der Waals surface area (Å²) in [5, 5.41) is 4.36. The molecular weight excluding hydrogens is 396 g/mol. The summed E-state index contributed by atoms with van der Waals surface area (Å²) in [4.78, 5) is 24.4. The first-order valence-corrected chi connectivity index (χ1v) is 10.5. The standard InChI is InChI=1S/C24H28N4O.ClH/c1-4-18-8-10-19(11-9-18)27-22-20-12-7-17(3)26-23(20)25-14-21(22)24(29)28-13-5-6-16(2)15-28;/h7-12,14,16H,4-6,13,15H2,1-3H3,(H,25,26,27);1H. The average molecular weight is 425 g/mol. The van der Waals surface area contributed by atoms with Crippen LogP contribution in [0.3, 0.4) is 0 Å². The Morgan fingerprint density at radius 1 is 1.20 bits per heavy atom. The number of carbonyl (C=O) groups is 1. The maximum atomic E-state index is 13.4. The van der Waals surface area contributed by atoms with Crippen molar-refractivity contribution in [3.63, 3.8) is 0 Å². The van der Waals surface area contributed by atoms with Crippen molar-refractivity contribution in [1.82, 2.24) is 14.9 Å². The molecule has 1 atom stereocenters. The van der Waals surface area contributed by atoms with Gasteiger partial charge in [-0.2, -0.15) is 0 Å². The molecule has 0 aliphatic carbocycles. The van der Waals surface area contributed by atoms with Gasteiger partial charge in [-0.3, -0.25) is 4.79 Å². The van der Waals surface area contributed by atoms with Crippen molar-refractivity contribution in [2.45, 2.75) is 40.0 Å². The molecule has 3 heterocycles. The van der Waals surface area contributed by atoms with Crippen molar-refractivity contribution < 1.29 is 4.79 Å². The molecule has 4 rings (SSSR count). The SMILES string of the molecule is CCc1ccc(Nc2c(C(=O)N3CCCC(C)C3)cnc3nc(C)ccc23)cc1.Cl. The molecule has 1 amide bonds. The molecule has 1 unspecified atom stereocenters. The molecule has 3 aromatic rings. The highest BCUT2D eigenvalue weighted by Crippen LogP contribution is 2.30. The molecule has 1 aliphatic rings. The van der Waals surface area contributed by atoms with Crippen molar-refractivity contribution in [3.05, 3.63) is 59.4 Å². The normalized spacial score (nSPS) is 16.2. The minimum atomic E-state index is 0. The number of anilines is 2. The molecule has 0 radical (unpaired) electrons. The van der Waals surface area contributed by atoms with Gasteiger partial charge in [-0.15, -0.1) is 12.4 Å². The average Bonchev–Trinajstić information content (AvgIpc) is 2.74. The fourth-order valence-corrected chi connectivity index (χ4v) is 3.98. The maximum Gasteiger partial charge on any atom is 0.257 e. The monoisotopic (exact) mass is 424 g/mol. The number of benzene rings is 1. The number of aromatic nitrogens is 2. The topological polar surface area (TPSA) is 58.1 Å². The molecule has 1 fully saturated rings. The lowest BCUT2D eigenvalue weighted by molar-refractivity contribution is 0.0684. The molecule has 1 aromatic carbocycles. The highest BCUT2D eigenvalue weighted by molar-refractivity contribution is 6.07. The summed E-state index contributed by atoms with van der Waals surface area (Å²) in [5.74, 6) is 0.572. The number of hydrogen-bond donors (Lipinski definition) is 1. The van der Waals surface area contributed by atoms with Crippen LogP contribution in [0, 0.1) is 12.8 Å². The summed E-state index contributed by atoms with van der Waals surface area (Å²) in [5.41, 5.74) is 5.20. The highest BCUT2D eigenvalue weighted by Gasteiger charge is 2.25. The Labute approximate surface area is 184 Å². The molecule has 0 saturated carbocycles. The first-order valence-electron chi connectivity index (χ1n) is 10.5. The van der Waals surface area contributed by atoms with Gasteiger partial charge < -0.3 is 10.2 Å². The van der Waals surface area contributed by atoms with Gasteiger partial charge in [-0.1, -0.05) is 26.0 Å². The van der Waals surface area contributed by atoms with Crippen molar-refractivity contribution in [2.24, 2.45) is 5.92 Å². The molecule has 1 N–H and O–H groups in total. The number of fused-ring (bicyclic) bond motifs is 1. The second kappa shape index (κ2) is 9.43. The number of nitrogens with one attached hydrogen (secondary N) is 1. The fraction of sp³-hybridized carbons (Fsp3) is 0.375. The van der Waals surface area contributed by atoms with Gasteiger partial charge in [0.1, 0.15) is 0 Å². The van der Waals surface area contributed by atoms with Gasteiger partial charge in [0.2, 0.25) is 0 Å². The first-order chi connectivity index (χ1) is 14.0. The van der Waals surface area contributed by atoms with Crippen molar-refractivity contribution in [3.8, 4) is 0 Å². The first kappa shape index (κ1) is 22.0. The molecule has 0 spiro atoms. The maximum absolute atomic E-state index is 13.4. The number of aryl methyl sites for hydroxylation is 2. The fourth-order valence-electron chi connectivity index (χ4n) is 3.98. The number of likely N-dealkylation sites (tertiary alicyclic amines) is 1. The van der Waals surface area contributed by atoms with E-state index in [-0.39, 0.29) is 18.3 Å². The second-order valence-corrected chi connectivity index (χ2v) is 8.04. The number of piperidine rings is 1. The smallest absolute Gasteiger partial charge is 0.257 e. The van der Waals surface area contributed by atoms with Crippen LogP contribution in [0.2, 0.25) is 0 Å². The molecular formula is C24H29ClN4O. The van der Waals surface area contributed by atoms with E-state index in [0.717, 1.165) is 48.4 Å². The number of pyridine rings is 2. The van der Waals surface area contributed by atoms with Gasteiger partial charge in [0, 0.05) is 36.1 Å². The lowest BCUT2D eigenvalue weighted by Crippen LogP contribution is -2.39. The molecule has 1 saturated heterocycles. The largest absolute Gasteiger partial charge is 0.354 e. The second-order valence-electron chi connectivity index (χ2n) is 8.04. The number of nitrogens with zero attached hydrogens (tertiary/aromatic N) is 3. The summed E-state index contributed by atoms with van der Waals surface area (Å²) in [6.45, 7) is 7.90. The Kier molecular flexibility index (Phi) is 6.93. The molecule has 1 aliphatic heterocycles. The van der Waals surface area contributed by atoms with Gasteiger partial charge in [0.05, 0.1) is 11.3 Å². The Hall–Kier alpha value is -2.66. The molecule has 158 valence electrons. The third kappa shape index (κ3) is 4.57. The summed E-state index contributed by atoms with van der Waals surface area (Å²) in [7, 11) is 0. The Morgan fingerprint density at radius 3 is 2.67 bits per heavy atom. The predicted octanol–water partition coefficient (Wildman–Crippen LogP) is 5.54. The third-order valence-corrected chi connectivity index (χ3v) is 5.68. The summed E-state index contributed by atoms with van der Waals surface area (Å²) in [6.07, 6.45) is 4.91. The Balaban J connectivity index is 0.00000256. The predicted molar refractivity (Wildman–Crippen MR) is 125 cm³/mol. The van der Waals surface area contributed by atoms with Crippen LogP contribution in [0.4, 0.5) is 11.4 Å². The third-order valence-electron chi connectivity index (χ3n) is 5.68. The van der Waals surface area contributed by atoms with E-state index in [4.69, 9.17) is 0 Å². The molecule has 6 heteroatoms.